The second-order valence-corrected chi connectivity index (χ2v) is 12.1. The van der Waals surface area contributed by atoms with Crippen LogP contribution in [0.2, 0.25) is 0 Å². The minimum Gasteiger partial charge on any atom is -0.457 e. The van der Waals surface area contributed by atoms with Crippen molar-refractivity contribution < 1.29 is 4.74 Å². The summed E-state index contributed by atoms with van der Waals surface area (Å²) >= 11 is 0. The Bertz CT molecular complexity index is 792. The Morgan fingerprint density at radius 1 is 0.486 bits per heavy atom. The predicted molar refractivity (Wildman–Crippen MR) is 164 cm³/mol. The van der Waals surface area contributed by atoms with Crippen molar-refractivity contribution in [3.05, 3.63) is 59.7 Å². The topological polar surface area (TPSA) is 9.23 Å². The van der Waals surface area contributed by atoms with E-state index in [4.69, 9.17) is 4.74 Å². The maximum atomic E-state index is 6.39. The average Bonchev–Trinajstić information content (AvgIpc) is 2.88. The Hall–Kier alpha value is -1.76. The molecular formula is C36H58O. The van der Waals surface area contributed by atoms with Crippen molar-refractivity contribution in [3.8, 4) is 11.5 Å². The minimum atomic E-state index is 0.854. The van der Waals surface area contributed by atoms with Gasteiger partial charge >= 0.3 is 0 Å². The molecule has 0 radical (unpaired) electrons. The van der Waals surface area contributed by atoms with Crippen LogP contribution in [0.3, 0.4) is 0 Å². The molecular weight excluding hydrogens is 448 g/mol. The predicted octanol–water partition coefficient (Wildman–Crippen LogP) is 12.1. The highest BCUT2D eigenvalue weighted by Gasteiger charge is 2.11. The van der Waals surface area contributed by atoms with Crippen molar-refractivity contribution in [3.63, 3.8) is 0 Å². The lowest BCUT2D eigenvalue weighted by atomic mass is 9.95. The highest BCUT2D eigenvalue weighted by atomic mass is 16.5. The van der Waals surface area contributed by atoms with Crippen LogP contribution >= 0.6 is 0 Å². The number of hydrogen-bond acceptors (Lipinski definition) is 1. The lowest BCUT2D eigenvalue weighted by Gasteiger charge is -2.16. The summed E-state index contributed by atoms with van der Waals surface area (Å²) in [6.07, 6.45) is 24.4. The molecule has 0 saturated heterocycles. The molecule has 0 aromatic heterocycles. The average molecular weight is 507 g/mol. The number of hydrogen-bond donors (Lipinski definition) is 0. The molecule has 0 unspecified atom stereocenters. The summed E-state index contributed by atoms with van der Waals surface area (Å²) in [4.78, 5) is 0. The van der Waals surface area contributed by atoms with Gasteiger partial charge in [0.1, 0.15) is 11.5 Å². The molecule has 2 aromatic rings. The van der Waals surface area contributed by atoms with Gasteiger partial charge in [-0.05, 0) is 66.8 Å². The zero-order chi connectivity index (χ0) is 26.6. The fourth-order valence-corrected chi connectivity index (χ4v) is 5.33. The van der Waals surface area contributed by atoms with Gasteiger partial charge in [0.25, 0.3) is 0 Å². The molecule has 0 bridgehead atoms. The van der Waals surface area contributed by atoms with Crippen molar-refractivity contribution in [2.45, 2.75) is 143 Å². The molecule has 208 valence electrons. The number of aryl methyl sites for hydroxylation is 1. The van der Waals surface area contributed by atoms with E-state index < -0.39 is 0 Å². The van der Waals surface area contributed by atoms with Crippen molar-refractivity contribution in [2.24, 2.45) is 11.8 Å². The summed E-state index contributed by atoms with van der Waals surface area (Å²) in [5, 5.41) is 0. The van der Waals surface area contributed by atoms with Crippen molar-refractivity contribution in [2.75, 3.05) is 0 Å². The zero-order valence-electron chi connectivity index (χ0n) is 24.9. The molecule has 0 aliphatic heterocycles. The molecule has 2 rings (SSSR count). The minimum absolute atomic E-state index is 0.854. The first-order valence-corrected chi connectivity index (χ1v) is 15.9. The monoisotopic (exact) mass is 506 g/mol. The Balaban J connectivity index is 1.79. The number of ether oxygens (including phenoxy) is 1. The van der Waals surface area contributed by atoms with Gasteiger partial charge in [-0.3, -0.25) is 0 Å². The molecule has 1 heteroatoms. The Morgan fingerprint density at radius 3 is 1.51 bits per heavy atom. The fraction of sp³-hybridized carbons (Fsp3) is 0.667. The molecule has 0 N–H and O–H groups in total. The standard InChI is InChI=1S/C36H58O/c1-31(2)23-16-11-7-5-9-13-18-25-33-26-22-30-36(37-34-27-19-15-20-28-34)35(33)29-21-14-10-6-8-12-17-24-32(3)4/h15,19-20,22,26-28,30-32H,5-14,16-18,21,23-25,29H2,1-4H3. The van der Waals surface area contributed by atoms with Gasteiger partial charge in [0.15, 0.2) is 0 Å². The second kappa shape index (κ2) is 20.2. The SMILES string of the molecule is CC(C)CCCCCCCCCc1cccc(Oc2ccccc2)c1CCCCCCCCCC(C)C. The third-order valence-corrected chi connectivity index (χ3v) is 7.64. The van der Waals surface area contributed by atoms with Crippen molar-refractivity contribution in [1.82, 2.24) is 0 Å². The summed E-state index contributed by atoms with van der Waals surface area (Å²) in [5.41, 5.74) is 2.97. The summed E-state index contributed by atoms with van der Waals surface area (Å²) in [5.74, 6) is 3.73. The summed E-state index contributed by atoms with van der Waals surface area (Å²) in [6, 6.07) is 17.0. The lowest BCUT2D eigenvalue weighted by molar-refractivity contribution is 0.471. The Morgan fingerprint density at radius 2 is 0.973 bits per heavy atom. The first-order valence-electron chi connectivity index (χ1n) is 15.9. The largest absolute Gasteiger partial charge is 0.457 e. The van der Waals surface area contributed by atoms with E-state index in [1.54, 1.807) is 0 Å². The van der Waals surface area contributed by atoms with Crippen LogP contribution in [-0.2, 0) is 12.8 Å². The van der Waals surface area contributed by atoms with Gasteiger partial charge in [-0.1, -0.05) is 148 Å². The third-order valence-electron chi connectivity index (χ3n) is 7.64. The van der Waals surface area contributed by atoms with Gasteiger partial charge in [0.2, 0.25) is 0 Å². The van der Waals surface area contributed by atoms with Crippen LogP contribution in [0.15, 0.2) is 48.5 Å². The quantitative estimate of drug-likeness (QED) is 0.144. The fourth-order valence-electron chi connectivity index (χ4n) is 5.33. The van der Waals surface area contributed by atoms with Crippen LogP contribution in [0.1, 0.15) is 142 Å². The zero-order valence-corrected chi connectivity index (χ0v) is 24.9. The first-order chi connectivity index (χ1) is 18.1. The normalized spacial score (nSPS) is 11.5. The molecule has 0 fully saturated rings. The van der Waals surface area contributed by atoms with Crippen molar-refractivity contribution >= 4 is 0 Å². The summed E-state index contributed by atoms with van der Waals surface area (Å²) in [6.45, 7) is 9.35. The van der Waals surface area contributed by atoms with E-state index in [1.807, 2.05) is 0 Å². The molecule has 0 heterocycles. The Kier molecular flexibility index (Phi) is 17.2. The van der Waals surface area contributed by atoms with E-state index in [1.165, 1.54) is 120 Å². The molecule has 0 aliphatic rings. The molecule has 0 saturated carbocycles. The van der Waals surface area contributed by atoms with Crippen LogP contribution in [0.25, 0.3) is 0 Å². The highest BCUT2D eigenvalue weighted by Crippen LogP contribution is 2.30. The van der Waals surface area contributed by atoms with Gasteiger partial charge in [0, 0.05) is 0 Å². The lowest BCUT2D eigenvalue weighted by Crippen LogP contribution is -2.00. The number of rotatable bonds is 22. The van der Waals surface area contributed by atoms with Crippen LogP contribution < -0.4 is 4.74 Å². The van der Waals surface area contributed by atoms with E-state index in [0.29, 0.717) is 0 Å². The maximum Gasteiger partial charge on any atom is 0.130 e. The van der Waals surface area contributed by atoms with Crippen LogP contribution in [0, 0.1) is 11.8 Å². The number of unbranched alkanes of at least 4 members (excludes halogenated alkanes) is 12. The molecule has 37 heavy (non-hydrogen) atoms. The van der Waals surface area contributed by atoms with Gasteiger partial charge in [-0.15, -0.1) is 0 Å². The van der Waals surface area contributed by atoms with Crippen LogP contribution in [0.5, 0.6) is 11.5 Å². The smallest absolute Gasteiger partial charge is 0.130 e. The van der Waals surface area contributed by atoms with Crippen LogP contribution in [-0.4, -0.2) is 0 Å². The van der Waals surface area contributed by atoms with E-state index >= 15 is 0 Å². The summed E-state index contributed by atoms with van der Waals surface area (Å²) in [7, 11) is 0. The van der Waals surface area contributed by atoms with E-state index in [0.717, 1.165) is 29.8 Å². The van der Waals surface area contributed by atoms with Gasteiger partial charge in [-0.2, -0.15) is 0 Å². The van der Waals surface area contributed by atoms with E-state index in [-0.39, 0.29) is 0 Å². The highest BCUT2D eigenvalue weighted by molar-refractivity contribution is 5.43. The number of benzene rings is 2. The van der Waals surface area contributed by atoms with Crippen LogP contribution in [0.4, 0.5) is 0 Å². The van der Waals surface area contributed by atoms with E-state index in [2.05, 4.69) is 76.2 Å². The third kappa shape index (κ3) is 15.3. The van der Waals surface area contributed by atoms with Gasteiger partial charge in [0.05, 0.1) is 0 Å². The summed E-state index contributed by atoms with van der Waals surface area (Å²) < 4.78 is 6.39. The van der Waals surface area contributed by atoms with Gasteiger partial charge in [-0.25, -0.2) is 0 Å². The van der Waals surface area contributed by atoms with Crippen molar-refractivity contribution in [1.29, 1.82) is 0 Å². The first kappa shape index (κ1) is 31.5. The Labute approximate surface area is 230 Å². The molecule has 0 amide bonds. The second-order valence-electron chi connectivity index (χ2n) is 12.1. The van der Waals surface area contributed by atoms with Gasteiger partial charge < -0.3 is 4.74 Å². The number of para-hydroxylation sites is 1. The maximum absolute atomic E-state index is 6.39. The molecule has 1 nitrogen and oxygen atoms in total. The molecule has 0 aliphatic carbocycles. The molecule has 2 aromatic carbocycles. The molecule has 0 spiro atoms. The molecule has 0 atom stereocenters. The van der Waals surface area contributed by atoms with E-state index in [9.17, 15) is 0 Å².